The fourth-order valence-corrected chi connectivity index (χ4v) is 0.806. The highest BCUT2D eigenvalue weighted by atomic mass is 32.2. The zero-order chi connectivity index (χ0) is 8.20. The fourth-order valence-electron chi connectivity index (χ4n) is 0.405. The van der Waals surface area contributed by atoms with E-state index in [4.69, 9.17) is 4.78 Å². The zero-order valence-electron chi connectivity index (χ0n) is 6.60. The highest BCUT2D eigenvalue weighted by Gasteiger charge is 1.90. The molecule has 10 heavy (non-hydrogen) atoms. The van der Waals surface area contributed by atoms with Crippen LogP contribution >= 0.6 is 0 Å². The van der Waals surface area contributed by atoms with Crippen molar-refractivity contribution in [3.8, 4) is 0 Å². The molecule has 0 aromatic rings. The second-order valence-corrected chi connectivity index (χ2v) is 4.45. The van der Waals surface area contributed by atoms with Gasteiger partial charge in [-0.2, -0.15) is 0 Å². The summed E-state index contributed by atoms with van der Waals surface area (Å²) in [4.78, 5) is 0. The minimum Gasteiger partial charge on any atom is -0.241 e. The molecular formula is C6H14N2OS. The summed E-state index contributed by atoms with van der Waals surface area (Å²) in [5.74, 6) is 0. The lowest BCUT2D eigenvalue weighted by molar-refractivity contribution is 0.671. The Morgan fingerprint density at radius 2 is 2.20 bits per heavy atom. The van der Waals surface area contributed by atoms with Crippen molar-refractivity contribution < 1.29 is 4.21 Å². The predicted molar refractivity (Wildman–Crippen MR) is 44.2 cm³/mol. The van der Waals surface area contributed by atoms with E-state index in [1.807, 2.05) is 19.9 Å². The van der Waals surface area contributed by atoms with E-state index in [-0.39, 0.29) is 0 Å². The summed E-state index contributed by atoms with van der Waals surface area (Å²) < 4.78 is 20.2. The molecule has 0 heterocycles. The molecule has 3 nitrogen and oxygen atoms in total. The molecule has 0 rings (SSSR count). The highest BCUT2D eigenvalue weighted by molar-refractivity contribution is 7.89. The molecule has 0 amide bonds. The Hall–Kier alpha value is -0.350. The average molecular weight is 162 g/mol. The molecular weight excluding hydrogens is 148 g/mol. The van der Waals surface area contributed by atoms with Gasteiger partial charge in [0, 0.05) is 12.8 Å². The van der Waals surface area contributed by atoms with Crippen molar-refractivity contribution >= 4 is 9.92 Å². The van der Waals surface area contributed by atoms with Crippen LogP contribution in [0.4, 0.5) is 0 Å². The molecule has 0 fully saturated rings. The number of allylic oxidation sites excluding steroid dienone is 1. The SMILES string of the molecule is CC(C)=CCNS(C)(=N)=O. The lowest BCUT2D eigenvalue weighted by atomic mass is 10.3. The van der Waals surface area contributed by atoms with Gasteiger partial charge in [-0.3, -0.25) is 0 Å². The Kier molecular flexibility index (Phi) is 3.60. The number of nitrogens with one attached hydrogen (secondary N) is 2. The van der Waals surface area contributed by atoms with E-state index in [9.17, 15) is 4.21 Å². The lowest BCUT2D eigenvalue weighted by Gasteiger charge is -1.99. The minimum absolute atomic E-state index is 0.515. The maximum Gasteiger partial charge on any atom is 0.102 e. The predicted octanol–water partition coefficient (Wildman–Crippen LogP) is 1.13. The summed E-state index contributed by atoms with van der Waals surface area (Å²) in [7, 11) is -2.51. The maximum absolute atomic E-state index is 10.7. The van der Waals surface area contributed by atoms with Crippen LogP contribution in [0, 0.1) is 4.78 Å². The topological polar surface area (TPSA) is 53.0 Å². The zero-order valence-corrected chi connectivity index (χ0v) is 7.42. The Morgan fingerprint density at radius 3 is 2.50 bits per heavy atom. The molecule has 0 spiro atoms. The van der Waals surface area contributed by atoms with Gasteiger partial charge in [0.05, 0.1) is 0 Å². The molecule has 0 aromatic heterocycles. The van der Waals surface area contributed by atoms with E-state index < -0.39 is 9.92 Å². The van der Waals surface area contributed by atoms with Crippen LogP contribution in [0.2, 0.25) is 0 Å². The van der Waals surface area contributed by atoms with Gasteiger partial charge in [-0.1, -0.05) is 11.6 Å². The fraction of sp³-hybridized carbons (Fsp3) is 0.667. The van der Waals surface area contributed by atoms with E-state index in [1.54, 1.807) is 0 Å². The van der Waals surface area contributed by atoms with Crippen molar-refractivity contribution in [2.75, 3.05) is 12.8 Å². The number of rotatable bonds is 3. The van der Waals surface area contributed by atoms with Gasteiger partial charge in [-0.15, -0.1) is 0 Å². The maximum atomic E-state index is 10.7. The van der Waals surface area contributed by atoms with E-state index >= 15 is 0 Å². The third-order valence-corrected chi connectivity index (χ3v) is 1.59. The van der Waals surface area contributed by atoms with Crippen LogP contribution in [-0.4, -0.2) is 17.0 Å². The molecule has 0 aliphatic carbocycles. The highest BCUT2D eigenvalue weighted by Crippen LogP contribution is 1.86. The molecule has 0 saturated carbocycles. The van der Waals surface area contributed by atoms with Crippen molar-refractivity contribution in [2.24, 2.45) is 0 Å². The normalized spacial score (nSPS) is 15.9. The second-order valence-electron chi connectivity index (χ2n) is 2.47. The van der Waals surface area contributed by atoms with Gasteiger partial charge in [0.1, 0.15) is 9.92 Å². The van der Waals surface area contributed by atoms with Crippen molar-refractivity contribution in [1.29, 1.82) is 4.78 Å². The van der Waals surface area contributed by atoms with Gasteiger partial charge in [0.25, 0.3) is 0 Å². The largest absolute Gasteiger partial charge is 0.241 e. The molecule has 0 saturated heterocycles. The third-order valence-electron chi connectivity index (χ3n) is 0.869. The van der Waals surface area contributed by atoms with Gasteiger partial charge >= 0.3 is 0 Å². The first-order valence-electron chi connectivity index (χ1n) is 3.03. The molecule has 0 bridgehead atoms. The van der Waals surface area contributed by atoms with Gasteiger partial charge in [0.2, 0.25) is 0 Å². The molecule has 1 atom stereocenters. The van der Waals surface area contributed by atoms with E-state index in [0.29, 0.717) is 6.54 Å². The Labute approximate surface area is 62.6 Å². The standard InChI is InChI=1S/C6H14N2OS/c1-6(2)4-5-8-10(3,7)9/h4H,5H2,1-3H3,(H2,7,8,9). The Balaban J connectivity index is 3.69. The van der Waals surface area contributed by atoms with Crippen LogP contribution in [0.3, 0.4) is 0 Å². The van der Waals surface area contributed by atoms with E-state index in [2.05, 4.69) is 4.72 Å². The summed E-state index contributed by atoms with van der Waals surface area (Å²) in [6.45, 7) is 4.44. The Bertz CT molecular complexity index is 212. The Morgan fingerprint density at radius 1 is 1.70 bits per heavy atom. The van der Waals surface area contributed by atoms with Crippen LogP contribution in [-0.2, 0) is 9.92 Å². The molecule has 0 aromatic carbocycles. The van der Waals surface area contributed by atoms with Crippen molar-refractivity contribution in [1.82, 2.24) is 4.72 Å². The van der Waals surface area contributed by atoms with Crippen molar-refractivity contribution in [3.05, 3.63) is 11.6 Å². The minimum atomic E-state index is -2.51. The number of hydrogen-bond acceptors (Lipinski definition) is 2. The molecule has 2 N–H and O–H groups in total. The summed E-state index contributed by atoms with van der Waals surface area (Å²) >= 11 is 0. The smallest absolute Gasteiger partial charge is 0.102 e. The first-order chi connectivity index (χ1) is 4.42. The monoisotopic (exact) mass is 162 g/mol. The quantitative estimate of drug-likeness (QED) is 0.601. The molecule has 1 unspecified atom stereocenters. The van der Waals surface area contributed by atoms with Gasteiger partial charge in [-0.05, 0) is 13.8 Å². The van der Waals surface area contributed by atoms with Crippen LogP contribution in [0.5, 0.6) is 0 Å². The summed E-state index contributed by atoms with van der Waals surface area (Å²) in [5, 5.41) is 0. The van der Waals surface area contributed by atoms with Crippen LogP contribution in [0.1, 0.15) is 13.8 Å². The summed E-state index contributed by atoms with van der Waals surface area (Å²) in [5.41, 5.74) is 1.16. The van der Waals surface area contributed by atoms with Crippen LogP contribution < -0.4 is 4.72 Å². The van der Waals surface area contributed by atoms with Crippen molar-refractivity contribution in [3.63, 3.8) is 0 Å². The van der Waals surface area contributed by atoms with Crippen LogP contribution in [0.15, 0.2) is 11.6 Å². The third kappa shape index (κ3) is 7.65. The summed E-state index contributed by atoms with van der Waals surface area (Å²) in [6.07, 6.45) is 3.27. The van der Waals surface area contributed by atoms with Crippen molar-refractivity contribution in [2.45, 2.75) is 13.8 Å². The van der Waals surface area contributed by atoms with E-state index in [1.165, 1.54) is 6.26 Å². The van der Waals surface area contributed by atoms with Crippen LogP contribution in [0.25, 0.3) is 0 Å². The first kappa shape index (κ1) is 9.65. The van der Waals surface area contributed by atoms with E-state index in [0.717, 1.165) is 5.57 Å². The average Bonchev–Trinajstić information content (AvgIpc) is 1.59. The summed E-state index contributed by atoms with van der Waals surface area (Å²) in [6, 6.07) is 0. The lowest BCUT2D eigenvalue weighted by Crippen LogP contribution is -2.20. The molecule has 0 aliphatic heterocycles. The molecule has 60 valence electrons. The molecule has 0 radical (unpaired) electrons. The first-order valence-corrected chi connectivity index (χ1v) is 5.00. The molecule has 0 aliphatic rings. The number of hydrogen-bond donors (Lipinski definition) is 2. The van der Waals surface area contributed by atoms with Gasteiger partial charge in [0.15, 0.2) is 0 Å². The molecule has 4 heteroatoms. The van der Waals surface area contributed by atoms with Gasteiger partial charge < -0.3 is 0 Å². The second kappa shape index (κ2) is 3.73. The van der Waals surface area contributed by atoms with Gasteiger partial charge in [-0.25, -0.2) is 13.7 Å².